The molecule has 1 saturated carbocycles. The van der Waals surface area contributed by atoms with Crippen molar-refractivity contribution in [1.29, 1.82) is 0 Å². The van der Waals surface area contributed by atoms with E-state index in [2.05, 4.69) is 15.6 Å². The number of carbonyl (C=O) groups is 3. The molecule has 1 aromatic heterocycles. The van der Waals surface area contributed by atoms with Crippen molar-refractivity contribution in [1.82, 2.24) is 10.3 Å². The van der Waals surface area contributed by atoms with Gasteiger partial charge in [0.05, 0.1) is 12.1 Å². The van der Waals surface area contributed by atoms with Gasteiger partial charge in [-0.1, -0.05) is 33.1 Å². The van der Waals surface area contributed by atoms with Crippen molar-refractivity contribution in [2.24, 2.45) is 17.6 Å². The molecule has 8 heteroatoms. The van der Waals surface area contributed by atoms with Gasteiger partial charge < -0.3 is 16.4 Å². The summed E-state index contributed by atoms with van der Waals surface area (Å²) in [6.07, 6.45) is 5.13. The molecule has 1 aliphatic carbocycles. The fourth-order valence-electron chi connectivity index (χ4n) is 2.98. The van der Waals surface area contributed by atoms with Crippen LogP contribution >= 0.6 is 11.3 Å². The van der Waals surface area contributed by atoms with E-state index in [1.807, 2.05) is 13.8 Å². The Morgan fingerprint density at radius 1 is 1.28 bits per heavy atom. The van der Waals surface area contributed by atoms with Gasteiger partial charge in [0.25, 0.3) is 0 Å². The molecule has 2 rings (SSSR count). The molecule has 0 aliphatic heterocycles. The molecule has 138 valence electrons. The van der Waals surface area contributed by atoms with Crippen molar-refractivity contribution in [3.63, 3.8) is 0 Å². The van der Waals surface area contributed by atoms with E-state index in [0.717, 1.165) is 25.7 Å². The number of aromatic nitrogens is 1. The number of anilines is 1. The van der Waals surface area contributed by atoms with E-state index >= 15 is 0 Å². The lowest BCUT2D eigenvalue weighted by Crippen LogP contribution is -2.49. The molecule has 25 heavy (non-hydrogen) atoms. The number of rotatable bonds is 7. The van der Waals surface area contributed by atoms with Gasteiger partial charge in [-0.25, -0.2) is 4.98 Å². The number of thiazole rings is 1. The van der Waals surface area contributed by atoms with E-state index in [-0.39, 0.29) is 30.1 Å². The Morgan fingerprint density at radius 2 is 1.96 bits per heavy atom. The highest BCUT2D eigenvalue weighted by molar-refractivity contribution is 7.13. The van der Waals surface area contributed by atoms with Crippen LogP contribution in [0.3, 0.4) is 0 Å². The predicted octanol–water partition coefficient (Wildman–Crippen LogP) is 1.83. The van der Waals surface area contributed by atoms with Crippen LogP contribution in [0.5, 0.6) is 0 Å². The van der Waals surface area contributed by atoms with Gasteiger partial charge in [0, 0.05) is 11.3 Å². The molecular formula is C17H26N4O3S. The third-order valence-electron chi connectivity index (χ3n) is 4.36. The van der Waals surface area contributed by atoms with Crippen LogP contribution in [-0.4, -0.2) is 28.7 Å². The minimum absolute atomic E-state index is 0.00447. The van der Waals surface area contributed by atoms with Crippen LogP contribution in [-0.2, 0) is 20.8 Å². The first-order valence-electron chi connectivity index (χ1n) is 8.70. The lowest BCUT2D eigenvalue weighted by molar-refractivity contribution is -0.130. The van der Waals surface area contributed by atoms with Crippen molar-refractivity contribution in [2.45, 2.75) is 58.4 Å². The van der Waals surface area contributed by atoms with Crippen LogP contribution in [0.2, 0.25) is 0 Å². The van der Waals surface area contributed by atoms with Crippen molar-refractivity contribution in [3.05, 3.63) is 11.1 Å². The molecule has 1 fully saturated rings. The largest absolute Gasteiger partial charge is 0.369 e. The standard InChI is InChI=1S/C17H26N4O3S/c1-10(2)14(20-15(23)11-6-4-3-5-7-11)16(24)21-17-19-12(9-25-17)8-13(18)22/h9-11,14H,3-8H2,1-2H3,(H2,18,22)(H,20,23)(H,19,21,24). The van der Waals surface area contributed by atoms with E-state index in [4.69, 9.17) is 5.73 Å². The summed E-state index contributed by atoms with van der Waals surface area (Å²) in [6.45, 7) is 3.79. The first-order chi connectivity index (χ1) is 11.9. The fourth-order valence-corrected chi connectivity index (χ4v) is 3.69. The van der Waals surface area contributed by atoms with Gasteiger partial charge in [-0.15, -0.1) is 11.3 Å². The zero-order valence-corrected chi connectivity index (χ0v) is 15.5. The molecular weight excluding hydrogens is 340 g/mol. The molecule has 0 aromatic carbocycles. The van der Waals surface area contributed by atoms with Crippen LogP contribution in [0.4, 0.5) is 5.13 Å². The zero-order chi connectivity index (χ0) is 18.4. The quantitative estimate of drug-likeness (QED) is 0.683. The van der Waals surface area contributed by atoms with Crippen LogP contribution in [0.1, 0.15) is 51.6 Å². The van der Waals surface area contributed by atoms with Crippen LogP contribution in [0.25, 0.3) is 0 Å². The molecule has 7 nitrogen and oxygen atoms in total. The molecule has 0 bridgehead atoms. The number of nitrogens with zero attached hydrogens (tertiary/aromatic N) is 1. The van der Waals surface area contributed by atoms with Crippen LogP contribution in [0, 0.1) is 11.8 Å². The SMILES string of the molecule is CC(C)C(NC(=O)C1CCCCC1)C(=O)Nc1nc(CC(N)=O)cs1. The van der Waals surface area contributed by atoms with Gasteiger partial charge in [0.2, 0.25) is 17.7 Å². The summed E-state index contributed by atoms with van der Waals surface area (Å²) in [6, 6.07) is -0.613. The number of amides is 3. The first kappa shape index (κ1) is 19.4. The normalized spacial score (nSPS) is 16.4. The van der Waals surface area contributed by atoms with Crippen molar-refractivity contribution in [2.75, 3.05) is 5.32 Å². The molecule has 0 spiro atoms. The minimum atomic E-state index is -0.613. The third-order valence-corrected chi connectivity index (χ3v) is 5.17. The third kappa shape index (κ3) is 5.81. The van der Waals surface area contributed by atoms with Gasteiger partial charge in [-0.05, 0) is 18.8 Å². The average Bonchev–Trinajstić information content (AvgIpc) is 2.98. The number of primary amides is 1. The van der Waals surface area contributed by atoms with Gasteiger partial charge in [-0.2, -0.15) is 0 Å². The van der Waals surface area contributed by atoms with E-state index in [0.29, 0.717) is 10.8 Å². The number of nitrogens with two attached hydrogens (primary N) is 1. The number of hydrogen-bond acceptors (Lipinski definition) is 5. The number of carbonyl (C=O) groups excluding carboxylic acids is 3. The summed E-state index contributed by atoms with van der Waals surface area (Å²) in [5, 5.41) is 7.71. The topological polar surface area (TPSA) is 114 Å². The van der Waals surface area contributed by atoms with Gasteiger partial charge in [0.1, 0.15) is 6.04 Å². The minimum Gasteiger partial charge on any atom is -0.369 e. The Labute approximate surface area is 151 Å². The molecule has 4 N–H and O–H groups in total. The summed E-state index contributed by atoms with van der Waals surface area (Å²) >= 11 is 1.23. The summed E-state index contributed by atoms with van der Waals surface area (Å²) in [5.74, 6) is -0.841. The highest BCUT2D eigenvalue weighted by Crippen LogP contribution is 2.24. The van der Waals surface area contributed by atoms with E-state index in [1.54, 1.807) is 5.38 Å². The molecule has 1 aromatic rings. The second kappa shape index (κ2) is 8.94. The Hall–Kier alpha value is -1.96. The van der Waals surface area contributed by atoms with Gasteiger partial charge in [0.15, 0.2) is 5.13 Å². The van der Waals surface area contributed by atoms with E-state index < -0.39 is 11.9 Å². The molecule has 1 unspecified atom stereocenters. The van der Waals surface area contributed by atoms with Gasteiger partial charge >= 0.3 is 0 Å². The van der Waals surface area contributed by atoms with E-state index in [9.17, 15) is 14.4 Å². The highest BCUT2D eigenvalue weighted by Gasteiger charge is 2.29. The molecule has 1 atom stereocenters. The summed E-state index contributed by atoms with van der Waals surface area (Å²) in [5.41, 5.74) is 5.67. The molecule has 1 aliphatic rings. The smallest absolute Gasteiger partial charge is 0.248 e. The molecule has 3 amide bonds. The number of hydrogen-bond donors (Lipinski definition) is 3. The Kier molecular flexibility index (Phi) is 6.92. The van der Waals surface area contributed by atoms with Crippen molar-refractivity contribution in [3.8, 4) is 0 Å². The monoisotopic (exact) mass is 366 g/mol. The zero-order valence-electron chi connectivity index (χ0n) is 14.7. The van der Waals surface area contributed by atoms with Crippen LogP contribution in [0.15, 0.2) is 5.38 Å². The maximum absolute atomic E-state index is 12.6. The number of nitrogens with one attached hydrogen (secondary N) is 2. The molecule has 0 saturated heterocycles. The van der Waals surface area contributed by atoms with Crippen molar-refractivity contribution < 1.29 is 14.4 Å². The molecule has 0 radical (unpaired) electrons. The maximum Gasteiger partial charge on any atom is 0.248 e. The van der Waals surface area contributed by atoms with Gasteiger partial charge in [-0.3, -0.25) is 14.4 Å². The summed E-state index contributed by atoms with van der Waals surface area (Å²) in [7, 11) is 0. The second-order valence-electron chi connectivity index (χ2n) is 6.84. The lowest BCUT2D eigenvalue weighted by atomic mass is 9.88. The first-order valence-corrected chi connectivity index (χ1v) is 9.58. The Balaban J connectivity index is 1.96. The average molecular weight is 366 g/mol. The maximum atomic E-state index is 12.6. The second-order valence-corrected chi connectivity index (χ2v) is 7.70. The lowest BCUT2D eigenvalue weighted by Gasteiger charge is -2.26. The molecule has 1 heterocycles. The Bertz CT molecular complexity index is 623. The van der Waals surface area contributed by atoms with E-state index in [1.165, 1.54) is 17.8 Å². The Morgan fingerprint density at radius 3 is 2.56 bits per heavy atom. The highest BCUT2D eigenvalue weighted by atomic mass is 32.1. The van der Waals surface area contributed by atoms with Crippen LogP contribution < -0.4 is 16.4 Å². The fraction of sp³-hybridized carbons (Fsp3) is 0.647. The summed E-state index contributed by atoms with van der Waals surface area (Å²) in [4.78, 5) is 40.1. The van der Waals surface area contributed by atoms with Crippen molar-refractivity contribution >= 4 is 34.2 Å². The predicted molar refractivity (Wildman–Crippen MR) is 97.0 cm³/mol. The summed E-state index contributed by atoms with van der Waals surface area (Å²) < 4.78 is 0.